The SMILES string of the molecule is CC(C)[C@@]1(C)SC(N[C@@H](C)c2ccncc2)=NC1=O. The Morgan fingerprint density at radius 3 is 2.42 bits per heavy atom. The van der Waals surface area contributed by atoms with Gasteiger partial charge < -0.3 is 5.32 Å². The molecule has 1 aliphatic rings. The van der Waals surface area contributed by atoms with Gasteiger partial charge >= 0.3 is 0 Å². The number of pyridine rings is 1. The predicted molar refractivity (Wildman–Crippen MR) is 79.1 cm³/mol. The Kier molecular flexibility index (Phi) is 3.94. The molecule has 0 unspecified atom stereocenters. The first-order chi connectivity index (χ1) is 8.93. The number of amidine groups is 1. The van der Waals surface area contributed by atoms with E-state index in [0.717, 1.165) is 5.56 Å². The first-order valence-electron chi connectivity index (χ1n) is 6.42. The summed E-state index contributed by atoms with van der Waals surface area (Å²) in [5.41, 5.74) is 1.13. The minimum atomic E-state index is -0.444. The number of carbonyl (C=O) groups excluding carboxylic acids is 1. The van der Waals surface area contributed by atoms with Crippen LogP contribution in [0.3, 0.4) is 0 Å². The highest BCUT2D eigenvalue weighted by Gasteiger charge is 2.43. The third kappa shape index (κ3) is 2.81. The molecule has 19 heavy (non-hydrogen) atoms. The van der Waals surface area contributed by atoms with Gasteiger partial charge in [-0.05, 0) is 37.5 Å². The Balaban J connectivity index is 2.06. The number of thioether (sulfide) groups is 1. The van der Waals surface area contributed by atoms with Gasteiger partial charge in [-0.25, -0.2) is 0 Å². The lowest BCUT2D eigenvalue weighted by Crippen LogP contribution is -2.34. The lowest BCUT2D eigenvalue weighted by molar-refractivity contribution is -0.120. The van der Waals surface area contributed by atoms with Gasteiger partial charge in [0.2, 0.25) is 0 Å². The summed E-state index contributed by atoms with van der Waals surface area (Å²) in [5.74, 6) is 0.209. The smallest absolute Gasteiger partial charge is 0.264 e. The molecular weight excluding hydrogens is 258 g/mol. The summed E-state index contributed by atoms with van der Waals surface area (Å²) in [5, 5.41) is 4.01. The van der Waals surface area contributed by atoms with Crippen molar-refractivity contribution in [2.75, 3.05) is 0 Å². The molecule has 0 aromatic carbocycles. The number of nitrogens with one attached hydrogen (secondary N) is 1. The molecule has 1 N–H and O–H groups in total. The molecule has 1 aromatic heterocycles. The quantitative estimate of drug-likeness (QED) is 0.923. The molecule has 2 heterocycles. The molecule has 0 radical (unpaired) electrons. The fraction of sp³-hybridized carbons (Fsp3) is 0.500. The maximum absolute atomic E-state index is 12.0. The van der Waals surface area contributed by atoms with E-state index in [1.54, 1.807) is 12.4 Å². The van der Waals surface area contributed by atoms with Crippen LogP contribution in [-0.2, 0) is 4.79 Å². The van der Waals surface area contributed by atoms with E-state index in [1.807, 2.05) is 26.0 Å². The molecule has 0 spiro atoms. The number of hydrogen-bond acceptors (Lipinski definition) is 4. The highest BCUT2D eigenvalue weighted by Crippen LogP contribution is 2.39. The van der Waals surface area contributed by atoms with Crippen molar-refractivity contribution < 1.29 is 4.79 Å². The van der Waals surface area contributed by atoms with E-state index in [9.17, 15) is 4.79 Å². The summed E-state index contributed by atoms with van der Waals surface area (Å²) in [7, 11) is 0. The number of nitrogens with zero attached hydrogens (tertiary/aromatic N) is 2. The Bertz CT molecular complexity index is 501. The molecule has 0 saturated heterocycles. The molecule has 4 nitrogen and oxygen atoms in total. The molecule has 2 rings (SSSR count). The van der Waals surface area contributed by atoms with Gasteiger partial charge in [0.15, 0.2) is 5.17 Å². The summed E-state index contributed by atoms with van der Waals surface area (Å²) in [4.78, 5) is 20.2. The van der Waals surface area contributed by atoms with Gasteiger partial charge in [0, 0.05) is 12.4 Å². The fourth-order valence-electron chi connectivity index (χ4n) is 1.82. The summed E-state index contributed by atoms with van der Waals surface area (Å²) in [6.45, 7) is 8.11. The maximum Gasteiger partial charge on any atom is 0.264 e. The topological polar surface area (TPSA) is 54.4 Å². The average Bonchev–Trinajstić information content (AvgIpc) is 2.67. The standard InChI is InChI=1S/C14H19N3OS/c1-9(2)14(4)12(18)17-13(19-14)16-10(3)11-5-7-15-8-6-11/h5-10H,1-4H3,(H,16,17,18)/t10-,14+/m0/s1. The molecule has 0 saturated carbocycles. The molecule has 0 fully saturated rings. The predicted octanol–water partition coefficient (Wildman–Crippen LogP) is 2.78. The van der Waals surface area contributed by atoms with Crippen molar-refractivity contribution in [2.45, 2.75) is 38.5 Å². The van der Waals surface area contributed by atoms with E-state index in [-0.39, 0.29) is 17.9 Å². The van der Waals surface area contributed by atoms with E-state index >= 15 is 0 Å². The molecule has 0 aliphatic carbocycles. The Hall–Kier alpha value is -1.36. The number of rotatable bonds is 3. The third-order valence-electron chi connectivity index (χ3n) is 3.58. The minimum absolute atomic E-state index is 0.0445. The molecular formula is C14H19N3OS. The molecule has 1 aromatic rings. The van der Waals surface area contributed by atoms with Gasteiger partial charge in [-0.1, -0.05) is 25.6 Å². The third-order valence-corrected chi connectivity index (χ3v) is 5.06. The van der Waals surface area contributed by atoms with Crippen LogP contribution in [0, 0.1) is 5.92 Å². The number of aliphatic imine (C=N–C) groups is 1. The first kappa shape index (κ1) is 14.1. The van der Waals surface area contributed by atoms with E-state index in [0.29, 0.717) is 5.17 Å². The average molecular weight is 277 g/mol. The van der Waals surface area contributed by atoms with Crippen molar-refractivity contribution in [3.05, 3.63) is 30.1 Å². The number of aromatic nitrogens is 1. The number of hydrogen-bond donors (Lipinski definition) is 1. The van der Waals surface area contributed by atoms with Crippen molar-refractivity contribution in [1.29, 1.82) is 0 Å². The van der Waals surface area contributed by atoms with Gasteiger partial charge in [-0.15, -0.1) is 0 Å². The highest BCUT2D eigenvalue weighted by molar-refractivity contribution is 8.16. The zero-order valence-electron chi connectivity index (χ0n) is 11.7. The van der Waals surface area contributed by atoms with E-state index < -0.39 is 4.75 Å². The number of carbonyl (C=O) groups is 1. The van der Waals surface area contributed by atoms with Crippen LogP contribution in [0.1, 0.15) is 39.3 Å². The van der Waals surface area contributed by atoms with Crippen LogP contribution < -0.4 is 5.32 Å². The van der Waals surface area contributed by atoms with Crippen LogP contribution in [-0.4, -0.2) is 20.8 Å². The van der Waals surface area contributed by atoms with Crippen molar-refractivity contribution in [3.8, 4) is 0 Å². The lowest BCUT2D eigenvalue weighted by Gasteiger charge is -2.24. The Morgan fingerprint density at radius 1 is 1.26 bits per heavy atom. The second kappa shape index (κ2) is 5.33. The van der Waals surface area contributed by atoms with Crippen molar-refractivity contribution in [2.24, 2.45) is 10.9 Å². The molecule has 0 bridgehead atoms. The van der Waals surface area contributed by atoms with E-state index in [2.05, 4.69) is 29.1 Å². The summed E-state index contributed by atoms with van der Waals surface area (Å²) < 4.78 is -0.444. The van der Waals surface area contributed by atoms with Crippen LogP contribution >= 0.6 is 11.8 Å². The normalized spacial score (nSPS) is 24.5. The summed E-state index contributed by atoms with van der Waals surface area (Å²) in [6.07, 6.45) is 3.53. The van der Waals surface area contributed by atoms with Crippen LogP contribution in [0.5, 0.6) is 0 Å². The van der Waals surface area contributed by atoms with Crippen molar-refractivity contribution in [3.63, 3.8) is 0 Å². The molecule has 2 atom stereocenters. The number of amides is 1. The van der Waals surface area contributed by atoms with Gasteiger partial charge in [-0.2, -0.15) is 4.99 Å². The fourth-order valence-corrected chi connectivity index (χ4v) is 2.95. The van der Waals surface area contributed by atoms with Crippen LogP contribution in [0.15, 0.2) is 29.5 Å². The van der Waals surface area contributed by atoms with Crippen LogP contribution in [0.25, 0.3) is 0 Å². The Labute approximate surface area is 118 Å². The molecule has 1 aliphatic heterocycles. The monoisotopic (exact) mass is 277 g/mol. The Morgan fingerprint density at radius 2 is 1.89 bits per heavy atom. The van der Waals surface area contributed by atoms with Gasteiger partial charge in [0.05, 0.1) is 6.04 Å². The van der Waals surface area contributed by atoms with Gasteiger partial charge in [-0.3, -0.25) is 9.78 Å². The zero-order valence-corrected chi connectivity index (χ0v) is 12.5. The van der Waals surface area contributed by atoms with E-state index in [1.165, 1.54) is 11.8 Å². The molecule has 1 amide bonds. The van der Waals surface area contributed by atoms with Crippen LogP contribution in [0.2, 0.25) is 0 Å². The maximum atomic E-state index is 12.0. The minimum Gasteiger partial charge on any atom is -0.358 e. The second-order valence-electron chi connectivity index (χ2n) is 5.23. The van der Waals surface area contributed by atoms with Gasteiger partial charge in [0.1, 0.15) is 4.75 Å². The largest absolute Gasteiger partial charge is 0.358 e. The van der Waals surface area contributed by atoms with E-state index in [4.69, 9.17) is 0 Å². The van der Waals surface area contributed by atoms with Crippen LogP contribution in [0.4, 0.5) is 0 Å². The van der Waals surface area contributed by atoms with Crippen molar-refractivity contribution >= 4 is 22.8 Å². The molecule has 5 heteroatoms. The second-order valence-corrected chi connectivity index (χ2v) is 6.67. The lowest BCUT2D eigenvalue weighted by atomic mass is 9.96. The molecule has 102 valence electrons. The van der Waals surface area contributed by atoms with Crippen molar-refractivity contribution in [1.82, 2.24) is 10.3 Å². The zero-order chi connectivity index (χ0) is 14.0. The first-order valence-corrected chi connectivity index (χ1v) is 7.23. The summed E-state index contributed by atoms with van der Waals surface area (Å²) >= 11 is 1.53. The van der Waals surface area contributed by atoms with Gasteiger partial charge in [0.25, 0.3) is 5.91 Å². The highest BCUT2D eigenvalue weighted by atomic mass is 32.2. The summed E-state index contributed by atoms with van der Waals surface area (Å²) in [6, 6.07) is 4.03.